The van der Waals surface area contributed by atoms with E-state index in [-0.39, 0.29) is 11.2 Å². The molecule has 0 unspecified atom stereocenters. The zero-order valence-electron chi connectivity index (χ0n) is 20.3. The number of anilines is 1. The van der Waals surface area contributed by atoms with Gasteiger partial charge in [-0.3, -0.25) is 5.32 Å². The maximum Gasteiger partial charge on any atom is 0.412 e. The molecule has 0 saturated heterocycles. The summed E-state index contributed by atoms with van der Waals surface area (Å²) in [5.41, 5.74) is 5.68. The average molecular weight is 481 g/mol. The van der Waals surface area contributed by atoms with Gasteiger partial charge in [0.1, 0.15) is 17.5 Å². The lowest BCUT2D eigenvalue weighted by atomic mass is 9.92. The highest BCUT2D eigenvalue weighted by atomic mass is 16.6. The van der Waals surface area contributed by atoms with Gasteiger partial charge in [-0.1, -0.05) is 90.6 Å². The maximum atomic E-state index is 12.6. The molecule has 2 N–H and O–H groups in total. The van der Waals surface area contributed by atoms with Crippen LogP contribution >= 0.6 is 0 Å². The topological polar surface area (TPSA) is 84.6 Å². The highest BCUT2D eigenvalue weighted by Crippen LogP contribution is 2.52. The highest BCUT2D eigenvalue weighted by Gasteiger charge is 2.47. The molecule has 1 heterocycles. The molecule has 182 valence electrons. The number of hydrogen-bond donors (Lipinski definition) is 2. The molecule has 1 atom stereocenters. The molecule has 1 aliphatic rings. The largest absolute Gasteiger partial charge is 0.512 e. The van der Waals surface area contributed by atoms with Crippen molar-refractivity contribution >= 4 is 11.8 Å². The van der Waals surface area contributed by atoms with E-state index in [1.807, 2.05) is 61.5 Å². The van der Waals surface area contributed by atoms with Crippen molar-refractivity contribution in [1.82, 2.24) is 5.16 Å². The van der Waals surface area contributed by atoms with Crippen molar-refractivity contribution in [3.8, 4) is 22.5 Å². The van der Waals surface area contributed by atoms with Crippen LogP contribution in [0.25, 0.3) is 22.5 Å². The Kier molecular flexibility index (Phi) is 6.10. The van der Waals surface area contributed by atoms with E-state index in [0.717, 1.165) is 40.7 Å². The Morgan fingerprint density at radius 3 is 2.17 bits per heavy atom. The molecule has 1 fully saturated rings. The Morgan fingerprint density at radius 1 is 1.00 bits per heavy atom. The Balaban J connectivity index is 1.30. The Morgan fingerprint density at radius 2 is 1.58 bits per heavy atom. The number of aromatic nitrogens is 1. The van der Waals surface area contributed by atoms with E-state index in [2.05, 4.69) is 41.3 Å². The predicted octanol–water partition coefficient (Wildman–Crippen LogP) is 7.73. The van der Waals surface area contributed by atoms with Gasteiger partial charge in [-0.25, -0.2) is 4.79 Å². The summed E-state index contributed by atoms with van der Waals surface area (Å²) in [6.45, 7) is 7.34. The lowest BCUT2D eigenvalue weighted by Crippen LogP contribution is -2.16. The van der Waals surface area contributed by atoms with Crippen molar-refractivity contribution in [3.05, 3.63) is 108 Å². The summed E-state index contributed by atoms with van der Waals surface area (Å²) in [5.74, 6) is 0.709. The van der Waals surface area contributed by atoms with Crippen LogP contribution < -0.4 is 5.32 Å². The van der Waals surface area contributed by atoms with Gasteiger partial charge in [0.15, 0.2) is 5.76 Å². The van der Waals surface area contributed by atoms with Crippen molar-refractivity contribution in [2.24, 2.45) is 0 Å². The van der Waals surface area contributed by atoms with Crippen LogP contribution in [-0.2, 0) is 10.2 Å². The van der Waals surface area contributed by atoms with E-state index in [1.165, 1.54) is 0 Å². The lowest BCUT2D eigenvalue weighted by molar-refractivity contribution is 0.121. The quantitative estimate of drug-likeness (QED) is 0.264. The van der Waals surface area contributed by atoms with E-state index in [4.69, 9.17) is 9.26 Å². The van der Waals surface area contributed by atoms with E-state index >= 15 is 0 Å². The van der Waals surface area contributed by atoms with E-state index in [1.54, 1.807) is 6.92 Å². The predicted molar refractivity (Wildman–Crippen MR) is 140 cm³/mol. The van der Waals surface area contributed by atoms with Gasteiger partial charge in [0.05, 0.1) is 11.2 Å². The SMILES string of the molecule is C=C(O)C1(c2ccc(-c3ccc(-c4onc(C)c4NC(=O)O[C@@H](C)c4ccccc4)cc3)cc2)CC1. The van der Waals surface area contributed by atoms with Gasteiger partial charge < -0.3 is 14.4 Å². The van der Waals surface area contributed by atoms with Crippen LogP contribution in [0.1, 0.15) is 42.7 Å². The number of benzene rings is 3. The number of nitrogens with zero attached hydrogens (tertiary/aromatic N) is 1. The monoisotopic (exact) mass is 480 g/mol. The standard InChI is InChI=1S/C30H28N2O4/c1-19-27(31-29(34)35-20(2)22-7-5-4-6-8-22)28(36-32-19)25-11-9-23(10-12-25)24-13-15-26(16-14-24)30(17-18-30)21(3)33/h4-16,20,33H,3,17-18H2,1-2H3,(H,31,34)/t20-/m0/s1. The number of aliphatic hydroxyl groups excluding tert-OH is 1. The van der Waals surface area contributed by atoms with Gasteiger partial charge in [0, 0.05) is 5.56 Å². The second-order valence-corrected chi connectivity index (χ2v) is 9.24. The second kappa shape index (κ2) is 9.38. The van der Waals surface area contributed by atoms with Gasteiger partial charge in [-0.15, -0.1) is 0 Å². The summed E-state index contributed by atoms with van der Waals surface area (Å²) in [6.07, 6.45) is 0.893. The third-order valence-electron chi connectivity index (χ3n) is 6.86. The molecule has 1 aliphatic carbocycles. The lowest BCUT2D eigenvalue weighted by Gasteiger charge is -2.15. The number of aryl methyl sites for hydroxylation is 1. The third-order valence-corrected chi connectivity index (χ3v) is 6.86. The molecular formula is C30H28N2O4. The number of allylic oxidation sites excluding steroid dienone is 1. The van der Waals surface area contributed by atoms with Crippen LogP contribution in [0, 0.1) is 6.92 Å². The highest BCUT2D eigenvalue weighted by molar-refractivity contribution is 5.91. The molecule has 1 amide bonds. The molecule has 0 spiro atoms. The van der Waals surface area contributed by atoms with E-state index < -0.39 is 12.2 Å². The number of amides is 1. The van der Waals surface area contributed by atoms with Crippen molar-refractivity contribution in [2.75, 3.05) is 5.32 Å². The number of aliphatic hydroxyl groups is 1. The van der Waals surface area contributed by atoms with Crippen LogP contribution in [0.3, 0.4) is 0 Å². The minimum absolute atomic E-state index is 0.241. The first kappa shape index (κ1) is 23.4. The zero-order chi connectivity index (χ0) is 25.3. The summed E-state index contributed by atoms with van der Waals surface area (Å²) in [4.78, 5) is 12.6. The summed E-state index contributed by atoms with van der Waals surface area (Å²) in [6, 6.07) is 25.7. The molecule has 36 heavy (non-hydrogen) atoms. The molecule has 1 aromatic heterocycles. The Hall–Kier alpha value is -4.32. The zero-order valence-corrected chi connectivity index (χ0v) is 20.3. The van der Waals surface area contributed by atoms with E-state index in [0.29, 0.717) is 17.1 Å². The molecular weight excluding hydrogens is 452 g/mol. The maximum absolute atomic E-state index is 12.6. The first-order valence-corrected chi connectivity index (χ1v) is 12.0. The summed E-state index contributed by atoms with van der Waals surface area (Å²) < 4.78 is 11.1. The number of carbonyl (C=O) groups excluding carboxylic acids is 1. The van der Waals surface area contributed by atoms with Crippen molar-refractivity contribution in [1.29, 1.82) is 0 Å². The summed E-state index contributed by atoms with van der Waals surface area (Å²) in [7, 11) is 0. The first-order valence-electron chi connectivity index (χ1n) is 12.0. The Labute approximate surface area is 210 Å². The minimum atomic E-state index is -0.574. The first-order chi connectivity index (χ1) is 17.4. The molecule has 0 aliphatic heterocycles. The van der Waals surface area contributed by atoms with E-state index in [9.17, 15) is 9.90 Å². The van der Waals surface area contributed by atoms with Gasteiger partial charge >= 0.3 is 6.09 Å². The van der Waals surface area contributed by atoms with Crippen molar-refractivity contribution in [3.63, 3.8) is 0 Å². The van der Waals surface area contributed by atoms with Gasteiger partial charge in [0.2, 0.25) is 0 Å². The average Bonchev–Trinajstić information content (AvgIpc) is 3.64. The molecule has 1 saturated carbocycles. The molecule has 4 aromatic rings. The fraction of sp³-hybridized carbons (Fsp3) is 0.200. The van der Waals surface area contributed by atoms with Crippen LogP contribution in [0.5, 0.6) is 0 Å². The molecule has 3 aromatic carbocycles. The second-order valence-electron chi connectivity index (χ2n) is 9.24. The fourth-order valence-electron chi connectivity index (χ4n) is 4.46. The molecule has 0 bridgehead atoms. The molecule has 6 heteroatoms. The minimum Gasteiger partial charge on any atom is -0.512 e. The molecule has 6 nitrogen and oxygen atoms in total. The fourth-order valence-corrected chi connectivity index (χ4v) is 4.46. The van der Waals surface area contributed by atoms with Crippen LogP contribution in [0.4, 0.5) is 10.5 Å². The number of rotatable bonds is 7. The van der Waals surface area contributed by atoms with Gasteiger partial charge in [0.25, 0.3) is 0 Å². The summed E-state index contributed by atoms with van der Waals surface area (Å²) >= 11 is 0. The Bertz CT molecular complexity index is 1390. The number of nitrogens with one attached hydrogen (secondary N) is 1. The third kappa shape index (κ3) is 4.50. The van der Waals surface area contributed by atoms with Crippen LogP contribution in [-0.4, -0.2) is 16.4 Å². The number of ether oxygens (including phenoxy) is 1. The molecule has 5 rings (SSSR count). The molecule has 0 radical (unpaired) electrons. The van der Waals surface area contributed by atoms with Gasteiger partial charge in [-0.2, -0.15) is 0 Å². The van der Waals surface area contributed by atoms with Gasteiger partial charge in [-0.05, 0) is 48.9 Å². The van der Waals surface area contributed by atoms with Crippen LogP contribution in [0.15, 0.2) is 95.7 Å². The normalized spacial score (nSPS) is 14.6. The number of hydrogen-bond acceptors (Lipinski definition) is 5. The number of carbonyl (C=O) groups is 1. The van der Waals surface area contributed by atoms with Crippen molar-refractivity contribution in [2.45, 2.75) is 38.2 Å². The smallest absolute Gasteiger partial charge is 0.412 e. The summed E-state index contributed by atoms with van der Waals surface area (Å²) in [5, 5.41) is 16.8. The van der Waals surface area contributed by atoms with Crippen molar-refractivity contribution < 1.29 is 19.2 Å². The van der Waals surface area contributed by atoms with Crippen LogP contribution in [0.2, 0.25) is 0 Å².